The summed E-state index contributed by atoms with van der Waals surface area (Å²) in [5.74, 6) is -2.80. The zero-order valence-corrected chi connectivity index (χ0v) is 14.3. The van der Waals surface area contributed by atoms with Crippen molar-refractivity contribution in [1.82, 2.24) is 0 Å². The van der Waals surface area contributed by atoms with Crippen LogP contribution in [0.15, 0.2) is 0 Å². The van der Waals surface area contributed by atoms with Crippen LogP contribution >= 0.6 is 15.6 Å². The van der Waals surface area contributed by atoms with Crippen molar-refractivity contribution >= 4 is 15.6 Å². The van der Waals surface area contributed by atoms with Crippen molar-refractivity contribution in [2.45, 2.75) is 43.4 Å². The predicted octanol–water partition coefficient (Wildman–Crippen LogP) is -1.82. The van der Waals surface area contributed by atoms with Crippen molar-refractivity contribution in [3.8, 4) is 0 Å². The second-order valence-electron chi connectivity index (χ2n) is 5.79. The maximum atomic E-state index is 10.8. The van der Waals surface area contributed by atoms with Gasteiger partial charge in [-0.2, -0.15) is 0 Å². The SMILES string of the molecule is CC1(O)[C@@](O)(COP(=O)(O)O)O[C@](C)(COP(=O)(O)O)[C@]1(C)O. The molecule has 23 heavy (non-hydrogen) atoms. The largest absolute Gasteiger partial charge is 0.469 e. The molecule has 1 unspecified atom stereocenters. The van der Waals surface area contributed by atoms with Gasteiger partial charge in [-0.25, -0.2) is 9.13 Å². The van der Waals surface area contributed by atoms with Gasteiger partial charge in [0.15, 0.2) is 0 Å². The maximum Gasteiger partial charge on any atom is 0.469 e. The molecule has 1 saturated heterocycles. The van der Waals surface area contributed by atoms with E-state index in [2.05, 4.69) is 9.05 Å². The maximum absolute atomic E-state index is 10.8. The van der Waals surface area contributed by atoms with Gasteiger partial charge < -0.3 is 39.6 Å². The van der Waals surface area contributed by atoms with E-state index in [1.165, 1.54) is 0 Å². The highest BCUT2D eigenvalue weighted by Crippen LogP contribution is 2.54. The standard InChI is InChI=1S/C9H20O12P2/c1-6(4-19-22(13,14)15)7(2,10)8(3,11)9(12,21-6)5-20-23(16,17)18/h10-12H,4-5H2,1-3H3,(H2,13,14,15)(H2,16,17,18)/t6-,7+,8?,9-/m1/s1. The topological polar surface area (TPSA) is 203 Å². The number of hydrogen-bond acceptors (Lipinski definition) is 8. The molecule has 0 saturated carbocycles. The number of ether oxygens (including phenoxy) is 1. The second-order valence-corrected chi connectivity index (χ2v) is 8.27. The average molecular weight is 382 g/mol. The fraction of sp³-hybridized carbons (Fsp3) is 1.00. The molecule has 0 aromatic rings. The third kappa shape index (κ3) is 4.01. The van der Waals surface area contributed by atoms with E-state index in [4.69, 9.17) is 24.3 Å². The first-order valence-electron chi connectivity index (χ1n) is 6.14. The predicted molar refractivity (Wildman–Crippen MR) is 71.7 cm³/mol. The Bertz CT molecular complexity index is 501. The van der Waals surface area contributed by atoms with Gasteiger partial charge in [0.25, 0.3) is 0 Å². The molecular weight excluding hydrogens is 362 g/mol. The lowest BCUT2D eigenvalue weighted by Gasteiger charge is -2.41. The zero-order chi connectivity index (χ0) is 18.5. The third-order valence-corrected chi connectivity index (χ3v) is 5.00. The molecule has 1 aliphatic heterocycles. The summed E-state index contributed by atoms with van der Waals surface area (Å²) >= 11 is 0. The van der Waals surface area contributed by atoms with Crippen LogP contribution in [0.4, 0.5) is 0 Å². The molecule has 0 bridgehead atoms. The van der Waals surface area contributed by atoms with Crippen molar-refractivity contribution in [2.75, 3.05) is 13.2 Å². The van der Waals surface area contributed by atoms with Gasteiger partial charge in [-0.05, 0) is 20.8 Å². The molecule has 0 spiro atoms. The minimum absolute atomic E-state index is 0.902. The Balaban J connectivity index is 3.14. The molecule has 138 valence electrons. The zero-order valence-electron chi connectivity index (χ0n) is 12.5. The highest BCUT2D eigenvalue weighted by Gasteiger charge is 2.74. The van der Waals surface area contributed by atoms with E-state index >= 15 is 0 Å². The molecule has 1 aliphatic rings. The van der Waals surface area contributed by atoms with Crippen LogP contribution in [0.3, 0.4) is 0 Å². The fourth-order valence-electron chi connectivity index (χ4n) is 2.19. The Morgan fingerprint density at radius 3 is 1.61 bits per heavy atom. The van der Waals surface area contributed by atoms with Crippen molar-refractivity contribution in [1.29, 1.82) is 0 Å². The van der Waals surface area contributed by atoms with Crippen molar-refractivity contribution < 1.29 is 57.8 Å². The van der Waals surface area contributed by atoms with Crippen LogP contribution in [0.25, 0.3) is 0 Å². The number of hydrogen-bond donors (Lipinski definition) is 7. The summed E-state index contributed by atoms with van der Waals surface area (Å²) in [5.41, 5.74) is -6.94. The Labute approximate surface area is 131 Å². The lowest BCUT2D eigenvalue weighted by Crippen LogP contribution is -2.64. The van der Waals surface area contributed by atoms with Gasteiger partial charge in [0.1, 0.15) is 23.4 Å². The smallest absolute Gasteiger partial charge is 0.384 e. The van der Waals surface area contributed by atoms with Crippen LogP contribution in [-0.4, -0.2) is 70.7 Å². The number of rotatable bonds is 6. The van der Waals surface area contributed by atoms with Crippen molar-refractivity contribution in [2.24, 2.45) is 0 Å². The van der Waals surface area contributed by atoms with E-state index in [-0.39, 0.29) is 0 Å². The molecule has 0 amide bonds. The van der Waals surface area contributed by atoms with E-state index in [1.807, 2.05) is 0 Å². The molecular formula is C9H20O12P2. The normalized spacial score (nSPS) is 42.2. The number of aliphatic hydroxyl groups is 3. The Morgan fingerprint density at radius 2 is 1.22 bits per heavy atom. The number of phosphoric acid groups is 2. The average Bonchev–Trinajstić information content (AvgIpc) is 2.41. The van der Waals surface area contributed by atoms with Gasteiger partial charge in [0.05, 0.1) is 6.61 Å². The van der Waals surface area contributed by atoms with Gasteiger partial charge in [-0.3, -0.25) is 9.05 Å². The van der Waals surface area contributed by atoms with Crippen LogP contribution in [-0.2, 0) is 22.9 Å². The summed E-state index contributed by atoms with van der Waals surface area (Å²) in [6, 6.07) is 0. The molecule has 0 aromatic carbocycles. The molecule has 1 heterocycles. The molecule has 14 heteroatoms. The Kier molecular flexibility index (Phi) is 5.32. The van der Waals surface area contributed by atoms with Crippen molar-refractivity contribution in [3.63, 3.8) is 0 Å². The lowest BCUT2D eigenvalue weighted by molar-refractivity contribution is -0.288. The van der Waals surface area contributed by atoms with Gasteiger partial charge in [-0.1, -0.05) is 0 Å². The minimum Gasteiger partial charge on any atom is -0.384 e. The van der Waals surface area contributed by atoms with Crippen LogP contribution in [0.1, 0.15) is 20.8 Å². The monoisotopic (exact) mass is 382 g/mol. The summed E-state index contributed by atoms with van der Waals surface area (Å²) in [4.78, 5) is 34.8. The second kappa shape index (κ2) is 5.80. The molecule has 0 aliphatic carbocycles. The van der Waals surface area contributed by atoms with E-state index in [0.717, 1.165) is 20.8 Å². The highest BCUT2D eigenvalue weighted by molar-refractivity contribution is 7.46. The summed E-state index contributed by atoms with van der Waals surface area (Å²) < 4.78 is 35.0. The molecule has 0 aromatic heterocycles. The first-order chi connectivity index (χ1) is 9.87. The number of phosphoric ester groups is 2. The highest BCUT2D eigenvalue weighted by atomic mass is 31.2. The molecule has 1 rings (SSSR count). The molecule has 12 nitrogen and oxygen atoms in total. The molecule has 1 fully saturated rings. The fourth-order valence-corrected chi connectivity index (χ4v) is 2.94. The van der Waals surface area contributed by atoms with Crippen molar-refractivity contribution in [3.05, 3.63) is 0 Å². The summed E-state index contributed by atoms with van der Waals surface area (Å²) in [6.07, 6.45) is 0. The first-order valence-corrected chi connectivity index (χ1v) is 9.20. The van der Waals surface area contributed by atoms with Gasteiger partial charge in [0, 0.05) is 0 Å². The molecule has 7 N–H and O–H groups in total. The quantitative estimate of drug-likeness (QED) is 0.254. The molecule has 4 atom stereocenters. The van der Waals surface area contributed by atoms with Crippen LogP contribution in [0, 0.1) is 0 Å². The van der Waals surface area contributed by atoms with E-state index < -0.39 is 51.4 Å². The van der Waals surface area contributed by atoms with Gasteiger partial charge >= 0.3 is 15.6 Å². The Hall–Kier alpha value is 0.0600. The Morgan fingerprint density at radius 1 is 0.826 bits per heavy atom. The van der Waals surface area contributed by atoms with Crippen LogP contribution in [0.2, 0.25) is 0 Å². The lowest BCUT2D eigenvalue weighted by atomic mass is 9.74. The van der Waals surface area contributed by atoms with E-state index in [1.54, 1.807) is 0 Å². The van der Waals surface area contributed by atoms with Gasteiger partial charge in [-0.15, -0.1) is 0 Å². The first kappa shape index (κ1) is 21.1. The van der Waals surface area contributed by atoms with E-state index in [9.17, 15) is 24.4 Å². The summed E-state index contributed by atoms with van der Waals surface area (Å²) in [5, 5.41) is 31.2. The minimum atomic E-state index is -5.03. The third-order valence-electron chi connectivity index (χ3n) is 4.07. The van der Waals surface area contributed by atoms with E-state index in [0.29, 0.717) is 0 Å². The van der Waals surface area contributed by atoms with Gasteiger partial charge in [0.2, 0.25) is 5.79 Å². The van der Waals surface area contributed by atoms with Crippen LogP contribution in [0.5, 0.6) is 0 Å². The summed E-state index contributed by atoms with van der Waals surface area (Å²) in [7, 11) is -9.98. The molecule has 0 radical (unpaired) electrons. The summed E-state index contributed by atoms with van der Waals surface area (Å²) in [6.45, 7) is 0.793. The van der Waals surface area contributed by atoms with Crippen LogP contribution < -0.4 is 0 Å².